The number of amides is 1. The molecule has 0 saturated heterocycles. The van der Waals surface area contributed by atoms with Crippen molar-refractivity contribution in [1.82, 2.24) is 4.98 Å². The molecule has 2 rings (SSSR count). The van der Waals surface area contributed by atoms with Crippen molar-refractivity contribution in [3.63, 3.8) is 0 Å². The number of hydrogen-bond donors (Lipinski definition) is 2. The quantitative estimate of drug-likeness (QED) is 0.849. The minimum absolute atomic E-state index is 0.153. The Morgan fingerprint density at radius 2 is 2.00 bits per heavy atom. The van der Waals surface area contributed by atoms with Crippen molar-refractivity contribution < 1.29 is 4.79 Å². The van der Waals surface area contributed by atoms with E-state index < -0.39 is 6.04 Å². The van der Waals surface area contributed by atoms with Crippen LogP contribution < -0.4 is 11.1 Å². The summed E-state index contributed by atoms with van der Waals surface area (Å²) in [4.78, 5) is 16.1. The largest absolute Gasteiger partial charge is 0.322 e. The van der Waals surface area contributed by atoms with Crippen LogP contribution in [0.2, 0.25) is 10.3 Å². The molecule has 0 bridgehead atoms. The fourth-order valence-corrected chi connectivity index (χ4v) is 2.50. The van der Waals surface area contributed by atoms with Gasteiger partial charge in [0.05, 0.1) is 11.7 Å². The SMILES string of the molecule is Cc1cc(Cl)nc(Cl)c1NC(=O)[C@@H](N)Cc1ccccc1. The van der Waals surface area contributed by atoms with Gasteiger partial charge in [0.15, 0.2) is 5.15 Å². The van der Waals surface area contributed by atoms with Crippen molar-refractivity contribution in [2.75, 3.05) is 5.32 Å². The van der Waals surface area contributed by atoms with Gasteiger partial charge in [-0.1, -0.05) is 53.5 Å². The van der Waals surface area contributed by atoms with E-state index in [2.05, 4.69) is 10.3 Å². The maximum atomic E-state index is 12.2. The van der Waals surface area contributed by atoms with Gasteiger partial charge in [-0.25, -0.2) is 4.98 Å². The van der Waals surface area contributed by atoms with Crippen LogP contribution in [0.3, 0.4) is 0 Å². The fourth-order valence-electron chi connectivity index (χ4n) is 1.92. The van der Waals surface area contributed by atoms with Crippen molar-refractivity contribution in [3.8, 4) is 0 Å². The van der Waals surface area contributed by atoms with E-state index in [9.17, 15) is 4.79 Å². The average molecular weight is 324 g/mol. The predicted molar refractivity (Wildman–Crippen MR) is 85.7 cm³/mol. The van der Waals surface area contributed by atoms with Gasteiger partial charge in [0, 0.05) is 0 Å². The Labute approximate surface area is 133 Å². The Kier molecular flexibility index (Phi) is 5.17. The van der Waals surface area contributed by atoms with E-state index >= 15 is 0 Å². The molecule has 21 heavy (non-hydrogen) atoms. The first-order valence-corrected chi connectivity index (χ1v) is 7.16. The van der Waals surface area contributed by atoms with Gasteiger partial charge >= 0.3 is 0 Å². The number of pyridine rings is 1. The predicted octanol–water partition coefficient (Wildman–Crippen LogP) is 3.21. The molecule has 0 aliphatic rings. The third kappa shape index (κ3) is 4.17. The van der Waals surface area contributed by atoms with Crippen LogP contribution in [-0.4, -0.2) is 16.9 Å². The Balaban J connectivity index is 2.08. The Morgan fingerprint density at radius 3 is 2.62 bits per heavy atom. The van der Waals surface area contributed by atoms with Crippen LogP contribution in [0.25, 0.3) is 0 Å². The first kappa shape index (κ1) is 15.8. The Hall–Kier alpha value is -1.62. The van der Waals surface area contributed by atoms with Crippen LogP contribution in [0, 0.1) is 6.92 Å². The highest BCUT2D eigenvalue weighted by Gasteiger charge is 2.17. The summed E-state index contributed by atoms with van der Waals surface area (Å²) >= 11 is 11.8. The van der Waals surface area contributed by atoms with Crippen LogP contribution in [-0.2, 0) is 11.2 Å². The molecule has 0 unspecified atom stereocenters. The molecule has 0 aliphatic heterocycles. The van der Waals surface area contributed by atoms with E-state index in [1.54, 1.807) is 13.0 Å². The second-order valence-corrected chi connectivity index (χ2v) is 5.46. The summed E-state index contributed by atoms with van der Waals surface area (Å²) < 4.78 is 0. The van der Waals surface area contributed by atoms with E-state index in [1.165, 1.54) is 0 Å². The summed E-state index contributed by atoms with van der Waals surface area (Å²) in [7, 11) is 0. The highest BCUT2D eigenvalue weighted by Crippen LogP contribution is 2.26. The smallest absolute Gasteiger partial charge is 0.241 e. The Morgan fingerprint density at radius 1 is 1.33 bits per heavy atom. The summed E-state index contributed by atoms with van der Waals surface area (Å²) in [6.07, 6.45) is 0.449. The molecule has 1 heterocycles. The first-order valence-electron chi connectivity index (χ1n) is 6.40. The molecular weight excluding hydrogens is 309 g/mol. The number of halogens is 2. The Bertz CT molecular complexity index is 624. The number of nitrogens with zero attached hydrogens (tertiary/aromatic N) is 1. The number of carbonyl (C=O) groups is 1. The monoisotopic (exact) mass is 323 g/mol. The lowest BCUT2D eigenvalue weighted by Crippen LogP contribution is -2.37. The molecule has 0 radical (unpaired) electrons. The standard InChI is InChI=1S/C15H15Cl2N3O/c1-9-7-12(16)19-14(17)13(9)20-15(21)11(18)8-10-5-3-2-4-6-10/h2-7,11H,8,18H2,1H3,(H,20,21)/t11-/m0/s1. The van der Waals surface area contributed by atoms with E-state index in [1.807, 2.05) is 30.3 Å². The number of nitrogens with two attached hydrogens (primary N) is 1. The van der Waals surface area contributed by atoms with Gasteiger partial charge in [-0.05, 0) is 30.5 Å². The van der Waals surface area contributed by atoms with Crippen LogP contribution in [0.5, 0.6) is 0 Å². The molecule has 1 atom stereocenters. The highest BCUT2D eigenvalue weighted by molar-refractivity contribution is 6.34. The number of anilines is 1. The van der Waals surface area contributed by atoms with Gasteiger partial charge in [0.1, 0.15) is 5.15 Å². The number of benzene rings is 1. The highest BCUT2D eigenvalue weighted by atomic mass is 35.5. The number of hydrogen-bond acceptors (Lipinski definition) is 3. The van der Waals surface area contributed by atoms with Crippen molar-refractivity contribution in [2.24, 2.45) is 5.73 Å². The molecule has 1 aromatic heterocycles. The zero-order valence-electron chi connectivity index (χ0n) is 11.4. The second-order valence-electron chi connectivity index (χ2n) is 4.71. The van der Waals surface area contributed by atoms with Gasteiger partial charge in [0.25, 0.3) is 0 Å². The summed E-state index contributed by atoms with van der Waals surface area (Å²) in [6.45, 7) is 1.79. The summed E-state index contributed by atoms with van der Waals surface area (Å²) in [5.41, 5.74) is 8.10. The topological polar surface area (TPSA) is 68.0 Å². The van der Waals surface area contributed by atoms with Crippen LogP contribution >= 0.6 is 23.2 Å². The number of aryl methyl sites for hydroxylation is 1. The lowest BCUT2D eigenvalue weighted by molar-refractivity contribution is -0.117. The third-order valence-electron chi connectivity index (χ3n) is 3.02. The van der Waals surface area contributed by atoms with Gasteiger partial charge in [-0.3, -0.25) is 4.79 Å². The van der Waals surface area contributed by atoms with E-state index in [0.717, 1.165) is 11.1 Å². The summed E-state index contributed by atoms with van der Waals surface area (Å²) in [6, 6.07) is 10.5. The molecule has 1 aromatic carbocycles. The van der Waals surface area contributed by atoms with E-state index in [4.69, 9.17) is 28.9 Å². The molecule has 0 aliphatic carbocycles. The van der Waals surface area contributed by atoms with Gasteiger partial charge in [-0.2, -0.15) is 0 Å². The van der Waals surface area contributed by atoms with Gasteiger partial charge in [0.2, 0.25) is 5.91 Å². The molecule has 0 spiro atoms. The molecular formula is C15H15Cl2N3O. The number of carbonyl (C=O) groups excluding carboxylic acids is 1. The molecule has 3 N–H and O–H groups in total. The molecule has 0 saturated carbocycles. The minimum Gasteiger partial charge on any atom is -0.322 e. The third-order valence-corrected chi connectivity index (χ3v) is 3.49. The number of aromatic nitrogens is 1. The molecule has 110 valence electrons. The van der Waals surface area contributed by atoms with Crippen LogP contribution in [0.15, 0.2) is 36.4 Å². The minimum atomic E-state index is -0.668. The van der Waals surface area contributed by atoms with E-state index in [0.29, 0.717) is 12.1 Å². The first-order chi connectivity index (χ1) is 9.97. The van der Waals surface area contributed by atoms with Crippen molar-refractivity contribution in [2.45, 2.75) is 19.4 Å². The fraction of sp³-hybridized carbons (Fsp3) is 0.200. The van der Waals surface area contributed by atoms with Crippen LogP contribution in [0.4, 0.5) is 5.69 Å². The summed E-state index contributed by atoms with van der Waals surface area (Å²) in [5.74, 6) is -0.312. The number of rotatable bonds is 4. The maximum Gasteiger partial charge on any atom is 0.241 e. The average Bonchev–Trinajstić information content (AvgIpc) is 2.43. The van der Waals surface area contributed by atoms with E-state index in [-0.39, 0.29) is 16.2 Å². The van der Waals surface area contributed by atoms with Gasteiger partial charge < -0.3 is 11.1 Å². The molecule has 2 aromatic rings. The molecule has 0 fully saturated rings. The second kappa shape index (κ2) is 6.89. The molecule has 4 nitrogen and oxygen atoms in total. The molecule has 6 heteroatoms. The lowest BCUT2D eigenvalue weighted by atomic mass is 10.1. The van der Waals surface area contributed by atoms with Crippen LogP contribution in [0.1, 0.15) is 11.1 Å². The zero-order chi connectivity index (χ0) is 15.4. The van der Waals surface area contributed by atoms with Crippen molar-refractivity contribution >= 4 is 34.8 Å². The maximum absolute atomic E-state index is 12.2. The molecule has 1 amide bonds. The lowest BCUT2D eigenvalue weighted by Gasteiger charge is -2.14. The summed E-state index contributed by atoms with van der Waals surface area (Å²) in [5, 5.41) is 3.14. The normalized spacial score (nSPS) is 12.0. The van der Waals surface area contributed by atoms with Gasteiger partial charge in [-0.15, -0.1) is 0 Å². The zero-order valence-corrected chi connectivity index (χ0v) is 12.9. The van der Waals surface area contributed by atoms with Crippen molar-refractivity contribution in [1.29, 1.82) is 0 Å². The number of nitrogens with one attached hydrogen (secondary N) is 1. The van der Waals surface area contributed by atoms with Crippen molar-refractivity contribution in [3.05, 3.63) is 57.8 Å².